The molecule has 2 saturated carbocycles. The van der Waals surface area contributed by atoms with Crippen molar-refractivity contribution in [1.29, 1.82) is 0 Å². The average molecular weight is 430 g/mol. The third-order valence-electron chi connectivity index (χ3n) is 7.77. The fourth-order valence-electron chi connectivity index (χ4n) is 6.05. The molecule has 1 aromatic rings. The molecule has 4 rings (SSSR count). The first-order chi connectivity index (χ1) is 14.7. The standard InChI is InChI=1S/C25H35NO5/c1-6-12-24-21-15(2)7-10-20(30-17(4)27)22(21)31-23(24)19(28)11-13-25(24,29)16(3)26(5)14-18-8-9-18/h7,10,16,18,23,29H,6,8-9,11-14H2,1-5H3/t16-,23+,24+,25-/m1/s1. The average Bonchev–Trinajstić information content (AvgIpc) is 3.45. The lowest BCUT2D eigenvalue weighted by atomic mass is 9.54. The second-order valence-electron chi connectivity index (χ2n) is 9.85. The van der Waals surface area contributed by atoms with E-state index in [0.717, 1.165) is 24.1 Å². The van der Waals surface area contributed by atoms with E-state index in [0.29, 0.717) is 30.3 Å². The van der Waals surface area contributed by atoms with Gasteiger partial charge >= 0.3 is 5.97 Å². The molecule has 0 unspecified atom stereocenters. The van der Waals surface area contributed by atoms with Crippen LogP contribution in [0.3, 0.4) is 0 Å². The van der Waals surface area contributed by atoms with Crippen LogP contribution >= 0.6 is 0 Å². The highest BCUT2D eigenvalue weighted by atomic mass is 16.6. The smallest absolute Gasteiger partial charge is 0.308 e. The van der Waals surface area contributed by atoms with E-state index in [4.69, 9.17) is 9.47 Å². The molecule has 2 fully saturated rings. The maximum Gasteiger partial charge on any atom is 0.308 e. The lowest BCUT2D eigenvalue weighted by Gasteiger charge is -2.55. The van der Waals surface area contributed by atoms with Crippen LogP contribution in [0, 0.1) is 12.8 Å². The van der Waals surface area contributed by atoms with Crippen LogP contribution in [0.25, 0.3) is 0 Å². The van der Waals surface area contributed by atoms with Crippen LogP contribution in [0.5, 0.6) is 11.5 Å². The quantitative estimate of drug-likeness (QED) is 0.528. The molecule has 1 aliphatic heterocycles. The van der Waals surface area contributed by atoms with Gasteiger partial charge in [0, 0.05) is 31.5 Å². The van der Waals surface area contributed by atoms with Gasteiger partial charge in [0.2, 0.25) is 0 Å². The van der Waals surface area contributed by atoms with Crippen LogP contribution in [0.15, 0.2) is 12.1 Å². The molecule has 0 amide bonds. The lowest BCUT2D eigenvalue weighted by molar-refractivity contribution is -0.164. The molecule has 170 valence electrons. The van der Waals surface area contributed by atoms with Crippen LogP contribution in [-0.4, -0.2) is 53.1 Å². The molecular formula is C25H35NO5. The molecule has 0 spiro atoms. The minimum Gasteiger partial charge on any atom is -0.477 e. The number of aliphatic hydroxyl groups is 1. The summed E-state index contributed by atoms with van der Waals surface area (Å²) in [5, 5.41) is 12.5. The number of carbonyl (C=O) groups is 2. The van der Waals surface area contributed by atoms with Gasteiger partial charge < -0.3 is 19.5 Å². The number of ether oxygens (including phenoxy) is 2. The zero-order chi connectivity index (χ0) is 22.6. The van der Waals surface area contributed by atoms with E-state index in [1.165, 1.54) is 19.8 Å². The van der Waals surface area contributed by atoms with Crippen LogP contribution in [0.4, 0.5) is 0 Å². The molecular weight excluding hydrogens is 394 g/mol. The molecule has 3 aliphatic rings. The number of hydrogen-bond acceptors (Lipinski definition) is 6. The van der Waals surface area contributed by atoms with E-state index >= 15 is 0 Å². The molecule has 1 N–H and O–H groups in total. The summed E-state index contributed by atoms with van der Waals surface area (Å²) in [7, 11) is 2.07. The third kappa shape index (κ3) is 3.39. The highest BCUT2D eigenvalue weighted by Gasteiger charge is 2.68. The van der Waals surface area contributed by atoms with Gasteiger partial charge in [-0.2, -0.15) is 0 Å². The number of carbonyl (C=O) groups excluding carboxylic acids is 2. The summed E-state index contributed by atoms with van der Waals surface area (Å²) in [4.78, 5) is 27.1. The summed E-state index contributed by atoms with van der Waals surface area (Å²) in [5.74, 6) is 1.04. The molecule has 0 aromatic heterocycles. The van der Waals surface area contributed by atoms with Crippen LogP contribution < -0.4 is 9.47 Å². The predicted molar refractivity (Wildman–Crippen MR) is 117 cm³/mol. The summed E-state index contributed by atoms with van der Waals surface area (Å²) < 4.78 is 11.8. The van der Waals surface area contributed by atoms with Crippen molar-refractivity contribution in [1.82, 2.24) is 4.90 Å². The monoisotopic (exact) mass is 429 g/mol. The number of rotatable bonds is 7. The van der Waals surface area contributed by atoms with E-state index in [1.807, 2.05) is 13.0 Å². The van der Waals surface area contributed by atoms with Gasteiger partial charge in [-0.05, 0) is 64.1 Å². The number of esters is 1. The zero-order valence-electron chi connectivity index (χ0n) is 19.4. The molecule has 4 atom stereocenters. The Hall–Kier alpha value is -1.92. The molecule has 1 aromatic carbocycles. The number of ketones is 1. The molecule has 0 saturated heterocycles. The Morgan fingerprint density at radius 1 is 1.39 bits per heavy atom. The number of aryl methyl sites for hydroxylation is 1. The van der Waals surface area contributed by atoms with Gasteiger partial charge in [0.25, 0.3) is 0 Å². The minimum atomic E-state index is -1.14. The van der Waals surface area contributed by atoms with Crippen molar-refractivity contribution < 1.29 is 24.2 Å². The predicted octanol–water partition coefficient (Wildman–Crippen LogP) is 3.54. The molecule has 31 heavy (non-hydrogen) atoms. The molecule has 2 aliphatic carbocycles. The number of fused-ring (bicyclic) bond motifs is 3. The fourth-order valence-corrected chi connectivity index (χ4v) is 6.05. The normalized spacial score (nSPS) is 30.5. The Balaban J connectivity index is 1.89. The van der Waals surface area contributed by atoms with Crippen LogP contribution in [0.1, 0.15) is 70.4 Å². The van der Waals surface area contributed by atoms with Crippen molar-refractivity contribution in [2.24, 2.45) is 5.92 Å². The zero-order valence-corrected chi connectivity index (χ0v) is 19.4. The van der Waals surface area contributed by atoms with E-state index < -0.39 is 23.1 Å². The van der Waals surface area contributed by atoms with Crippen LogP contribution in [-0.2, 0) is 15.0 Å². The highest BCUT2D eigenvalue weighted by molar-refractivity contribution is 5.89. The SMILES string of the molecule is CCC[C@]12c3c(C)ccc(OC(C)=O)c3O[C@H]1C(=O)CC[C@@]2(O)[C@@H](C)N(C)CC1CC1. The number of nitrogens with zero attached hydrogens (tertiary/aromatic N) is 1. The van der Waals surface area contributed by atoms with Gasteiger partial charge in [0.05, 0.1) is 11.0 Å². The second kappa shape index (κ2) is 7.89. The van der Waals surface area contributed by atoms with Gasteiger partial charge in [-0.25, -0.2) is 0 Å². The largest absolute Gasteiger partial charge is 0.477 e. The summed E-state index contributed by atoms with van der Waals surface area (Å²) in [6, 6.07) is 3.47. The fraction of sp³-hybridized carbons (Fsp3) is 0.680. The molecule has 6 nitrogen and oxygen atoms in total. The van der Waals surface area contributed by atoms with Crippen LogP contribution in [0.2, 0.25) is 0 Å². The van der Waals surface area contributed by atoms with E-state index in [1.54, 1.807) is 6.07 Å². The Labute approximate surface area is 184 Å². The topological polar surface area (TPSA) is 76.1 Å². The molecule has 6 heteroatoms. The number of hydrogen-bond donors (Lipinski definition) is 1. The Morgan fingerprint density at radius 3 is 2.71 bits per heavy atom. The maximum atomic E-state index is 13.2. The number of Topliss-reactive ketones (excluding diaryl/α,β-unsaturated/α-hetero) is 1. The van der Waals surface area contributed by atoms with E-state index in [9.17, 15) is 14.7 Å². The Morgan fingerprint density at radius 2 is 2.10 bits per heavy atom. The van der Waals surface area contributed by atoms with Crippen molar-refractivity contribution in [3.05, 3.63) is 23.3 Å². The molecule has 0 bridgehead atoms. The summed E-state index contributed by atoms with van der Waals surface area (Å²) in [6.45, 7) is 8.44. The molecule has 0 radical (unpaired) electrons. The summed E-state index contributed by atoms with van der Waals surface area (Å²) >= 11 is 0. The van der Waals surface area contributed by atoms with Gasteiger partial charge in [-0.15, -0.1) is 0 Å². The van der Waals surface area contributed by atoms with Gasteiger partial charge in [0.15, 0.2) is 23.4 Å². The first kappa shape index (κ1) is 22.3. The van der Waals surface area contributed by atoms with Crippen molar-refractivity contribution in [3.63, 3.8) is 0 Å². The van der Waals surface area contributed by atoms with Gasteiger partial charge in [-0.3, -0.25) is 9.59 Å². The van der Waals surface area contributed by atoms with Crippen molar-refractivity contribution >= 4 is 11.8 Å². The minimum absolute atomic E-state index is 0.0135. The first-order valence-corrected chi connectivity index (χ1v) is 11.6. The lowest BCUT2D eigenvalue weighted by Crippen LogP contribution is -2.70. The third-order valence-corrected chi connectivity index (χ3v) is 7.77. The first-order valence-electron chi connectivity index (χ1n) is 11.6. The highest BCUT2D eigenvalue weighted by Crippen LogP contribution is 2.61. The van der Waals surface area contributed by atoms with Gasteiger partial charge in [-0.1, -0.05) is 19.4 Å². The number of benzene rings is 1. The van der Waals surface area contributed by atoms with Crippen molar-refractivity contribution in [2.45, 2.75) is 89.4 Å². The maximum absolute atomic E-state index is 13.2. The summed E-state index contributed by atoms with van der Waals surface area (Å²) in [6.07, 6.45) is 3.82. The van der Waals surface area contributed by atoms with Gasteiger partial charge in [0.1, 0.15) is 0 Å². The van der Waals surface area contributed by atoms with Crippen molar-refractivity contribution in [2.75, 3.05) is 13.6 Å². The number of likely N-dealkylation sites (N-methyl/N-ethyl adjacent to an activating group) is 1. The Kier molecular flexibility index (Phi) is 5.67. The second-order valence-corrected chi connectivity index (χ2v) is 9.85. The van der Waals surface area contributed by atoms with Crippen molar-refractivity contribution in [3.8, 4) is 11.5 Å². The van der Waals surface area contributed by atoms with E-state index in [2.05, 4.69) is 25.8 Å². The molecule has 1 heterocycles. The summed E-state index contributed by atoms with van der Waals surface area (Å²) in [5.41, 5.74) is -0.229. The van der Waals surface area contributed by atoms with E-state index in [-0.39, 0.29) is 18.2 Å². The Bertz CT molecular complexity index is 894.